The Labute approximate surface area is 324 Å². The maximum absolute atomic E-state index is 2.34. The number of aryl methyl sites for hydroxylation is 2. The van der Waals surface area contributed by atoms with Gasteiger partial charge in [-0.1, -0.05) is 193 Å². The number of hydrogen-bond donors (Lipinski definition) is 0. The number of nitrogens with zero attached hydrogens (tertiary/aromatic N) is 2. The molecule has 47 heavy (non-hydrogen) atoms. The summed E-state index contributed by atoms with van der Waals surface area (Å²) in [6.45, 7) is 23.0. The first-order valence-corrected chi connectivity index (χ1v) is 19.8. The van der Waals surface area contributed by atoms with Crippen LogP contribution in [0.2, 0.25) is 0 Å². The van der Waals surface area contributed by atoms with Gasteiger partial charge in [-0.15, -0.1) is 0 Å². The molecule has 2 aromatic rings. The first kappa shape index (κ1) is 55.8. The molecule has 0 bridgehead atoms. The van der Waals surface area contributed by atoms with Gasteiger partial charge in [0.2, 0.25) is 0 Å². The minimum atomic E-state index is 0. The van der Waals surface area contributed by atoms with Crippen molar-refractivity contribution in [3.05, 3.63) is 49.1 Å². The van der Waals surface area contributed by atoms with Crippen molar-refractivity contribution in [3.63, 3.8) is 0 Å². The molecule has 0 N–H and O–H groups in total. The second-order valence-corrected chi connectivity index (χ2v) is 12.4. The summed E-state index contributed by atoms with van der Waals surface area (Å²) in [5.41, 5.74) is 2.51. The van der Waals surface area contributed by atoms with Gasteiger partial charge in [0.25, 0.3) is 0 Å². The third-order valence-corrected chi connectivity index (χ3v) is 8.47. The molecule has 6 rings (SSSR count). The summed E-state index contributed by atoms with van der Waals surface area (Å²) < 4.78 is 4.07. The van der Waals surface area contributed by atoms with Crippen LogP contribution in [0.5, 0.6) is 0 Å². The first-order chi connectivity index (χ1) is 21.9. The second kappa shape index (κ2) is 43.4. The van der Waals surface area contributed by atoms with Gasteiger partial charge in [0, 0.05) is 57.0 Å². The molecule has 0 unspecified atom stereocenters. The van der Waals surface area contributed by atoms with Crippen LogP contribution in [0.25, 0.3) is 11.1 Å². The van der Waals surface area contributed by atoms with Gasteiger partial charge < -0.3 is 0 Å². The van der Waals surface area contributed by atoms with Gasteiger partial charge in [-0.05, 0) is 28.9 Å². The average Bonchev–Trinajstić information content (AvgIpc) is 3.95. The van der Waals surface area contributed by atoms with Crippen molar-refractivity contribution in [2.45, 2.75) is 193 Å². The standard InChI is InChI=1S/C12H14N2.3C6H12.C5H10.4C2H6.CH4.Y/c1-13-7-3-11(4-8-13)12-5-9-14(2)10-6-12;3*1-6-4-2-3-5-6;1-2-4-5-3-1;4*1-2;;/h3-10H,1-2H3;3*6H,2-5H2,1H3;1-5H2;4*1-2H3;1H4;/q+2;;;;;;;;;;. The fourth-order valence-electron chi connectivity index (χ4n) is 5.66. The van der Waals surface area contributed by atoms with E-state index in [0.29, 0.717) is 0 Å². The Morgan fingerprint density at radius 2 is 0.553 bits per heavy atom. The normalized spacial score (nSPS) is 15.9. The van der Waals surface area contributed by atoms with Crippen LogP contribution in [0.3, 0.4) is 0 Å². The van der Waals surface area contributed by atoms with Gasteiger partial charge >= 0.3 is 0 Å². The number of rotatable bonds is 1. The molecular weight excluding hydrogens is 645 g/mol. The Morgan fingerprint density at radius 3 is 0.681 bits per heavy atom. The summed E-state index contributed by atoms with van der Waals surface area (Å²) in [6.07, 6.45) is 33.6. The van der Waals surface area contributed by atoms with Crippen molar-refractivity contribution in [3.8, 4) is 11.1 Å². The first-order valence-electron chi connectivity index (χ1n) is 19.8. The molecule has 4 aliphatic rings. The van der Waals surface area contributed by atoms with Gasteiger partial charge in [-0.25, -0.2) is 9.13 Å². The Bertz CT molecular complexity index is 696. The van der Waals surface area contributed by atoms with Crippen molar-refractivity contribution >= 4 is 0 Å². The summed E-state index contributed by atoms with van der Waals surface area (Å²) in [5, 5.41) is 0. The molecule has 4 saturated carbocycles. The third-order valence-electron chi connectivity index (χ3n) is 8.47. The molecule has 0 atom stereocenters. The van der Waals surface area contributed by atoms with Gasteiger partial charge in [-0.2, -0.15) is 0 Å². The zero-order valence-corrected chi connectivity index (χ0v) is 36.7. The molecule has 4 fully saturated rings. The number of hydrogen-bond acceptors (Lipinski definition) is 0. The van der Waals surface area contributed by atoms with Crippen molar-refractivity contribution < 1.29 is 41.8 Å². The predicted molar refractivity (Wildman–Crippen MR) is 212 cm³/mol. The predicted octanol–water partition coefficient (Wildman–Crippen LogP) is 14.3. The summed E-state index contributed by atoms with van der Waals surface area (Å²) >= 11 is 0. The van der Waals surface area contributed by atoms with Gasteiger partial charge in [-0.3, -0.25) is 0 Å². The van der Waals surface area contributed by atoms with Crippen molar-refractivity contribution in [2.24, 2.45) is 31.8 Å². The van der Waals surface area contributed by atoms with Gasteiger partial charge in [0.05, 0.1) is 0 Å². The SMILES string of the molecule is C.C1CCCC1.CC.CC.CC.CC.CC1CCCC1.CC1CCCC1.CC1CCCC1.C[n+]1ccc(-c2cc[n+](C)cc2)cc1.[Y]. The molecule has 2 nitrogen and oxygen atoms in total. The van der Waals surface area contributed by atoms with E-state index in [9.17, 15) is 0 Å². The number of pyridine rings is 2. The minimum Gasteiger partial charge on any atom is -0.208 e. The molecule has 0 spiro atoms. The molecule has 2 heterocycles. The zero-order valence-electron chi connectivity index (χ0n) is 33.8. The third kappa shape index (κ3) is 35.0. The summed E-state index contributed by atoms with van der Waals surface area (Å²) in [7, 11) is 4.05. The largest absolute Gasteiger partial charge is 0.208 e. The molecule has 0 saturated heterocycles. The van der Waals surface area contributed by atoms with E-state index >= 15 is 0 Å². The van der Waals surface area contributed by atoms with Crippen LogP contribution in [-0.4, -0.2) is 0 Å². The molecule has 0 aliphatic heterocycles. The Morgan fingerprint density at radius 1 is 0.383 bits per heavy atom. The average molecular weight is 734 g/mol. The van der Waals surface area contributed by atoms with E-state index in [1.165, 1.54) is 120 Å². The Balaban J connectivity index is -0.000000154. The molecule has 1 radical (unpaired) electrons. The summed E-state index contributed by atoms with van der Waals surface area (Å²) in [5.74, 6) is 3.14. The van der Waals surface area contributed by atoms with Gasteiger partial charge in [0.15, 0.2) is 24.8 Å². The van der Waals surface area contributed by atoms with Crippen LogP contribution in [0.15, 0.2) is 49.1 Å². The van der Waals surface area contributed by atoms with E-state index in [1.807, 2.05) is 78.6 Å². The maximum Gasteiger partial charge on any atom is 0.169 e. The smallest absolute Gasteiger partial charge is 0.169 e. The number of aromatic nitrogens is 2. The van der Waals surface area contributed by atoms with Crippen molar-refractivity contribution in [1.29, 1.82) is 0 Å². The molecular formula is C44H88N2Y+2. The van der Waals surface area contributed by atoms with E-state index in [0.717, 1.165) is 17.8 Å². The Hall–Kier alpha value is -0.596. The fraction of sp³-hybridized carbons (Fsp3) is 0.773. The Kier molecular flexibility index (Phi) is 51.6. The minimum absolute atomic E-state index is 0. The molecule has 0 amide bonds. The van der Waals surface area contributed by atoms with Crippen molar-refractivity contribution in [1.82, 2.24) is 0 Å². The van der Waals surface area contributed by atoms with Crippen LogP contribution in [-0.2, 0) is 46.8 Å². The summed E-state index contributed by atoms with van der Waals surface area (Å²) in [4.78, 5) is 0. The van der Waals surface area contributed by atoms with Crippen LogP contribution in [0.1, 0.15) is 193 Å². The molecule has 3 heteroatoms. The topological polar surface area (TPSA) is 7.76 Å². The van der Waals surface area contributed by atoms with E-state index in [2.05, 4.69) is 69.8 Å². The van der Waals surface area contributed by atoms with Crippen LogP contribution < -0.4 is 9.13 Å². The van der Waals surface area contributed by atoms with E-state index < -0.39 is 0 Å². The van der Waals surface area contributed by atoms with E-state index in [-0.39, 0.29) is 40.1 Å². The van der Waals surface area contributed by atoms with Gasteiger partial charge in [0.1, 0.15) is 14.1 Å². The quantitative estimate of drug-likeness (QED) is 0.258. The summed E-state index contributed by atoms with van der Waals surface area (Å²) in [6, 6.07) is 8.48. The van der Waals surface area contributed by atoms with E-state index in [4.69, 9.17) is 0 Å². The molecule has 2 aromatic heterocycles. The molecule has 275 valence electrons. The van der Waals surface area contributed by atoms with Crippen LogP contribution in [0, 0.1) is 17.8 Å². The second-order valence-electron chi connectivity index (χ2n) is 12.4. The fourth-order valence-corrected chi connectivity index (χ4v) is 5.66. The molecule has 0 aromatic carbocycles. The zero-order chi connectivity index (χ0) is 34.7. The maximum atomic E-state index is 2.34. The van der Waals surface area contributed by atoms with Crippen LogP contribution in [0.4, 0.5) is 0 Å². The molecule has 4 aliphatic carbocycles. The van der Waals surface area contributed by atoms with Crippen LogP contribution >= 0.6 is 0 Å². The van der Waals surface area contributed by atoms with E-state index in [1.54, 1.807) is 0 Å². The monoisotopic (exact) mass is 734 g/mol. The van der Waals surface area contributed by atoms with Crippen molar-refractivity contribution in [2.75, 3.05) is 0 Å².